The predicted octanol–water partition coefficient (Wildman–Crippen LogP) is 3.98. The Morgan fingerprint density at radius 2 is 2.00 bits per heavy atom. The second-order valence-electron chi connectivity index (χ2n) is 6.83. The van der Waals surface area contributed by atoms with Gasteiger partial charge in [-0.1, -0.05) is 12.5 Å². The topological polar surface area (TPSA) is 30.9 Å². The van der Waals surface area contributed by atoms with Crippen molar-refractivity contribution in [1.82, 2.24) is 15.1 Å². The lowest BCUT2D eigenvalue weighted by atomic mass is 9.94. The molecule has 0 spiro atoms. The molecule has 24 heavy (non-hydrogen) atoms. The first-order valence-corrected chi connectivity index (χ1v) is 9.46. The molecule has 0 amide bonds. The van der Waals surface area contributed by atoms with Gasteiger partial charge in [0.1, 0.15) is 0 Å². The average molecular weight is 450 g/mol. The molecule has 4 nitrogen and oxygen atoms in total. The molecule has 142 valence electrons. The fraction of sp³-hybridized carbons (Fsp3) is 0.842. The highest BCUT2D eigenvalue weighted by Gasteiger charge is 2.16. The number of piperidine rings is 1. The lowest BCUT2D eigenvalue weighted by Gasteiger charge is -2.28. The highest BCUT2D eigenvalue weighted by Crippen LogP contribution is 2.19. The fourth-order valence-electron chi connectivity index (χ4n) is 3.09. The van der Waals surface area contributed by atoms with E-state index in [1.807, 2.05) is 6.08 Å². The molecule has 1 fully saturated rings. The molecule has 0 atom stereocenters. The van der Waals surface area contributed by atoms with Crippen molar-refractivity contribution in [2.75, 3.05) is 46.8 Å². The summed E-state index contributed by atoms with van der Waals surface area (Å²) < 4.78 is 0. The van der Waals surface area contributed by atoms with Crippen LogP contribution in [0.1, 0.15) is 51.9 Å². The van der Waals surface area contributed by atoms with Crippen LogP contribution in [0.5, 0.6) is 0 Å². The Morgan fingerprint density at radius 1 is 1.29 bits per heavy atom. The highest BCUT2D eigenvalue weighted by molar-refractivity contribution is 14.0. The van der Waals surface area contributed by atoms with Crippen molar-refractivity contribution >= 4 is 29.9 Å². The van der Waals surface area contributed by atoms with E-state index >= 15 is 0 Å². The van der Waals surface area contributed by atoms with Gasteiger partial charge in [0.25, 0.3) is 0 Å². The minimum absolute atomic E-state index is 0. The number of rotatable bonds is 10. The molecule has 0 radical (unpaired) electrons. The minimum atomic E-state index is 0. The molecule has 0 aromatic heterocycles. The number of nitrogens with zero attached hydrogens (tertiary/aromatic N) is 3. The third-order valence-electron chi connectivity index (χ3n) is 4.74. The van der Waals surface area contributed by atoms with E-state index in [0.29, 0.717) is 0 Å². The molecule has 1 aliphatic rings. The average Bonchev–Trinajstić information content (AvgIpc) is 2.55. The first kappa shape index (κ1) is 23.7. The van der Waals surface area contributed by atoms with Crippen LogP contribution in [0.25, 0.3) is 0 Å². The Hall–Kier alpha value is -0.300. The van der Waals surface area contributed by atoms with Crippen LogP contribution >= 0.6 is 24.0 Å². The number of allylic oxidation sites excluding steroid dienone is 1. The van der Waals surface area contributed by atoms with Crippen LogP contribution in [-0.4, -0.2) is 62.6 Å². The summed E-state index contributed by atoms with van der Waals surface area (Å²) in [4.78, 5) is 9.56. The normalized spacial score (nSPS) is 16.5. The number of hydrogen-bond acceptors (Lipinski definition) is 2. The fourth-order valence-corrected chi connectivity index (χ4v) is 3.09. The SMILES string of the molecule is C=CCCCCCN(C)C(=NCCC1CCN(C)CC1)NCC.I. The van der Waals surface area contributed by atoms with Crippen molar-refractivity contribution in [3.8, 4) is 0 Å². The van der Waals surface area contributed by atoms with E-state index in [0.717, 1.165) is 37.9 Å². The molecule has 5 heteroatoms. The summed E-state index contributed by atoms with van der Waals surface area (Å²) in [6.45, 7) is 11.4. The second-order valence-corrected chi connectivity index (χ2v) is 6.83. The number of halogens is 1. The van der Waals surface area contributed by atoms with Crippen LogP contribution in [0.2, 0.25) is 0 Å². The van der Waals surface area contributed by atoms with Gasteiger partial charge in [-0.3, -0.25) is 4.99 Å². The minimum Gasteiger partial charge on any atom is -0.357 e. The maximum atomic E-state index is 4.84. The lowest BCUT2D eigenvalue weighted by molar-refractivity contribution is 0.214. The molecule has 0 bridgehead atoms. The largest absolute Gasteiger partial charge is 0.357 e. The molecular formula is C19H39IN4. The first-order chi connectivity index (χ1) is 11.2. The summed E-state index contributed by atoms with van der Waals surface area (Å²) in [5, 5.41) is 3.43. The van der Waals surface area contributed by atoms with Crippen molar-refractivity contribution in [3.05, 3.63) is 12.7 Å². The van der Waals surface area contributed by atoms with E-state index in [4.69, 9.17) is 4.99 Å². The van der Waals surface area contributed by atoms with Crippen molar-refractivity contribution in [2.24, 2.45) is 10.9 Å². The van der Waals surface area contributed by atoms with Crippen LogP contribution in [-0.2, 0) is 0 Å². The molecular weight excluding hydrogens is 411 g/mol. The summed E-state index contributed by atoms with van der Waals surface area (Å²) in [7, 11) is 4.38. The van der Waals surface area contributed by atoms with Crippen LogP contribution in [0.15, 0.2) is 17.6 Å². The summed E-state index contributed by atoms with van der Waals surface area (Å²) >= 11 is 0. The van der Waals surface area contributed by atoms with E-state index in [9.17, 15) is 0 Å². The Kier molecular flexibility index (Phi) is 14.8. The summed E-state index contributed by atoms with van der Waals surface area (Å²) in [6, 6.07) is 0. The zero-order valence-corrected chi connectivity index (χ0v) is 18.4. The van der Waals surface area contributed by atoms with Gasteiger partial charge in [0.05, 0.1) is 0 Å². The maximum absolute atomic E-state index is 4.84. The molecule has 1 N–H and O–H groups in total. The second kappa shape index (κ2) is 15.0. The number of hydrogen-bond donors (Lipinski definition) is 1. The monoisotopic (exact) mass is 450 g/mol. The number of aliphatic imine (C=N–C) groups is 1. The van der Waals surface area contributed by atoms with Gasteiger partial charge in [0.2, 0.25) is 0 Å². The van der Waals surface area contributed by atoms with Gasteiger partial charge in [0, 0.05) is 26.7 Å². The van der Waals surface area contributed by atoms with Crippen molar-refractivity contribution in [3.63, 3.8) is 0 Å². The Labute approximate surface area is 167 Å². The van der Waals surface area contributed by atoms with Gasteiger partial charge in [-0.2, -0.15) is 0 Å². The molecule has 1 rings (SSSR count). The highest BCUT2D eigenvalue weighted by atomic mass is 127. The van der Waals surface area contributed by atoms with Crippen LogP contribution in [0.4, 0.5) is 0 Å². The molecule has 0 aliphatic carbocycles. The zero-order valence-electron chi connectivity index (χ0n) is 16.1. The Bertz CT molecular complexity index is 338. The number of guanidine groups is 1. The van der Waals surface area contributed by atoms with Crippen molar-refractivity contribution < 1.29 is 0 Å². The van der Waals surface area contributed by atoms with Crippen LogP contribution < -0.4 is 5.32 Å². The predicted molar refractivity (Wildman–Crippen MR) is 118 cm³/mol. The molecule has 1 saturated heterocycles. The standard InChI is InChI=1S/C19H38N4.HI/c1-5-7-8-9-10-15-23(4)19(20-6-2)21-14-11-18-12-16-22(3)17-13-18;/h5,18H,1,6-17H2,2-4H3,(H,20,21);1H. The molecule has 1 aliphatic heterocycles. The van der Waals surface area contributed by atoms with E-state index in [-0.39, 0.29) is 24.0 Å². The van der Waals surface area contributed by atoms with Gasteiger partial charge in [-0.05, 0) is 71.5 Å². The smallest absolute Gasteiger partial charge is 0.193 e. The van der Waals surface area contributed by atoms with E-state index in [1.54, 1.807) is 0 Å². The molecule has 0 unspecified atom stereocenters. The summed E-state index contributed by atoms with van der Waals surface area (Å²) in [5.41, 5.74) is 0. The maximum Gasteiger partial charge on any atom is 0.193 e. The Morgan fingerprint density at radius 3 is 2.62 bits per heavy atom. The molecule has 0 aromatic carbocycles. The van der Waals surface area contributed by atoms with E-state index in [2.05, 4.69) is 42.7 Å². The van der Waals surface area contributed by atoms with Crippen LogP contribution in [0, 0.1) is 5.92 Å². The van der Waals surface area contributed by atoms with E-state index < -0.39 is 0 Å². The van der Waals surface area contributed by atoms with Gasteiger partial charge < -0.3 is 15.1 Å². The van der Waals surface area contributed by atoms with Gasteiger partial charge in [0.15, 0.2) is 5.96 Å². The number of likely N-dealkylation sites (tertiary alicyclic amines) is 1. The number of unbranched alkanes of at least 4 members (excludes halogenated alkanes) is 3. The summed E-state index contributed by atoms with van der Waals surface area (Å²) in [6.07, 6.45) is 10.8. The molecule has 1 heterocycles. The zero-order chi connectivity index (χ0) is 16.9. The Balaban J connectivity index is 0.00000529. The van der Waals surface area contributed by atoms with Gasteiger partial charge in [-0.25, -0.2) is 0 Å². The third kappa shape index (κ3) is 10.5. The van der Waals surface area contributed by atoms with E-state index in [1.165, 1.54) is 51.6 Å². The third-order valence-corrected chi connectivity index (χ3v) is 4.74. The van der Waals surface area contributed by atoms with Crippen LogP contribution in [0.3, 0.4) is 0 Å². The number of nitrogens with one attached hydrogen (secondary N) is 1. The van der Waals surface area contributed by atoms with Gasteiger partial charge >= 0.3 is 0 Å². The van der Waals surface area contributed by atoms with Crippen molar-refractivity contribution in [2.45, 2.75) is 51.9 Å². The quantitative estimate of drug-likeness (QED) is 0.180. The van der Waals surface area contributed by atoms with Crippen molar-refractivity contribution in [1.29, 1.82) is 0 Å². The molecule has 0 aromatic rings. The summed E-state index contributed by atoms with van der Waals surface area (Å²) in [5.74, 6) is 1.94. The van der Waals surface area contributed by atoms with Gasteiger partial charge in [-0.15, -0.1) is 30.6 Å². The first-order valence-electron chi connectivity index (χ1n) is 9.46. The molecule has 0 saturated carbocycles. The lowest BCUT2D eigenvalue weighted by Crippen LogP contribution is -2.39.